The van der Waals surface area contributed by atoms with Crippen molar-refractivity contribution in [3.63, 3.8) is 0 Å². The molecule has 29 heavy (non-hydrogen) atoms. The summed E-state index contributed by atoms with van der Waals surface area (Å²) in [6.45, 7) is 9.61. The second-order valence-corrected chi connectivity index (χ2v) is 10.9. The first-order valence-electron chi connectivity index (χ1n) is 11.5. The molecule has 0 saturated heterocycles. The van der Waals surface area contributed by atoms with Gasteiger partial charge in [-0.15, -0.1) is 0 Å². The highest BCUT2D eigenvalue weighted by Crippen LogP contribution is 2.65. The highest BCUT2D eigenvalue weighted by atomic mass is 19.1. The lowest BCUT2D eigenvalue weighted by Crippen LogP contribution is -2.48. The molecule has 0 aliphatic heterocycles. The summed E-state index contributed by atoms with van der Waals surface area (Å²) >= 11 is 0. The Morgan fingerprint density at radius 2 is 2.07 bits per heavy atom. The number of allylic oxidation sites excluding steroid dienone is 2. The fourth-order valence-electron chi connectivity index (χ4n) is 7.87. The highest BCUT2D eigenvalue weighted by Gasteiger charge is 2.57. The molecule has 158 valence electrons. The van der Waals surface area contributed by atoms with E-state index in [0.717, 1.165) is 25.0 Å². The number of aliphatic hydroxyl groups is 1. The molecule has 1 aromatic heterocycles. The zero-order valence-corrected chi connectivity index (χ0v) is 17.9. The summed E-state index contributed by atoms with van der Waals surface area (Å²) in [7, 11) is 0. The van der Waals surface area contributed by atoms with Crippen LogP contribution in [0.3, 0.4) is 0 Å². The molecule has 3 fully saturated rings. The quantitative estimate of drug-likeness (QED) is 0.666. The van der Waals surface area contributed by atoms with Gasteiger partial charge in [0.15, 0.2) is 0 Å². The Balaban J connectivity index is 1.38. The molecule has 1 heterocycles. The van der Waals surface area contributed by atoms with Crippen LogP contribution in [0.5, 0.6) is 0 Å². The number of fused-ring (bicyclic) bond motifs is 5. The zero-order valence-electron chi connectivity index (χ0n) is 17.9. The molecule has 1 N–H and O–H groups in total. The van der Waals surface area contributed by atoms with Crippen molar-refractivity contribution in [1.29, 1.82) is 0 Å². The van der Waals surface area contributed by atoms with Crippen LogP contribution in [0.1, 0.15) is 65.2 Å². The summed E-state index contributed by atoms with van der Waals surface area (Å²) in [6, 6.07) is 1.97. The molecular formula is C25H35FN2O. The van der Waals surface area contributed by atoms with Crippen LogP contribution in [0.4, 0.5) is 4.39 Å². The van der Waals surface area contributed by atoms with Gasteiger partial charge in [-0.2, -0.15) is 5.10 Å². The number of halogens is 1. The fourth-order valence-corrected chi connectivity index (χ4v) is 7.87. The second kappa shape index (κ2) is 6.80. The van der Waals surface area contributed by atoms with Crippen LogP contribution < -0.4 is 0 Å². The van der Waals surface area contributed by atoms with Crippen molar-refractivity contribution in [2.45, 2.75) is 77.4 Å². The standard InChI is InChI=1S/C25H35FN2O/c1-16(15-28-12-4-11-27-28)21-5-6-22-19-13-23(26)20-14-24(2,29)9-7-18(20)17(19)8-10-25(21,22)3/h4,11-12,17-19,21-22,29H,1,5-10,13-15H2,2-3H3/t17-,18-,19-,21-,22+,24-,25-/m1/s1. The minimum atomic E-state index is -0.720. The third-order valence-electron chi connectivity index (χ3n) is 9.20. The van der Waals surface area contributed by atoms with E-state index in [1.54, 1.807) is 0 Å². The van der Waals surface area contributed by atoms with Crippen molar-refractivity contribution in [2.75, 3.05) is 0 Å². The van der Waals surface area contributed by atoms with Gasteiger partial charge in [-0.3, -0.25) is 4.68 Å². The average Bonchev–Trinajstić information content (AvgIpc) is 3.28. The molecule has 0 spiro atoms. The van der Waals surface area contributed by atoms with Gasteiger partial charge in [0, 0.05) is 18.8 Å². The molecular weight excluding hydrogens is 363 g/mol. The predicted molar refractivity (Wildman–Crippen MR) is 113 cm³/mol. The minimum absolute atomic E-state index is 0.110. The summed E-state index contributed by atoms with van der Waals surface area (Å²) in [5, 5.41) is 14.9. The van der Waals surface area contributed by atoms with Gasteiger partial charge >= 0.3 is 0 Å². The van der Waals surface area contributed by atoms with E-state index in [1.165, 1.54) is 31.3 Å². The SMILES string of the molecule is C=C(Cn1cccn1)[C@H]1CC[C@H]2[C@@H]3CC(F)=C4C[C@](C)(O)CC[C@@H]4[C@H]3CC[C@]12C. The van der Waals surface area contributed by atoms with Crippen LogP contribution in [0.15, 0.2) is 42.0 Å². The Bertz CT molecular complexity index is 826. The minimum Gasteiger partial charge on any atom is -0.390 e. The second-order valence-electron chi connectivity index (χ2n) is 10.9. The predicted octanol–water partition coefficient (Wildman–Crippen LogP) is 5.68. The lowest BCUT2D eigenvalue weighted by molar-refractivity contribution is -0.0354. The van der Waals surface area contributed by atoms with E-state index in [0.29, 0.717) is 42.4 Å². The van der Waals surface area contributed by atoms with Gasteiger partial charge in [-0.1, -0.05) is 19.1 Å². The first-order valence-corrected chi connectivity index (χ1v) is 11.5. The first kappa shape index (κ1) is 19.5. The maximum atomic E-state index is 15.3. The maximum absolute atomic E-state index is 15.3. The summed E-state index contributed by atoms with van der Waals surface area (Å²) < 4.78 is 17.2. The normalized spacial score (nSPS) is 44.2. The van der Waals surface area contributed by atoms with Crippen LogP contribution >= 0.6 is 0 Å². The van der Waals surface area contributed by atoms with Crippen molar-refractivity contribution < 1.29 is 9.50 Å². The summed E-state index contributed by atoms with van der Waals surface area (Å²) in [5.41, 5.74) is 1.77. The van der Waals surface area contributed by atoms with E-state index in [1.807, 2.05) is 30.1 Å². The molecule has 0 amide bonds. The number of hydrogen-bond donors (Lipinski definition) is 1. The topological polar surface area (TPSA) is 38.0 Å². The van der Waals surface area contributed by atoms with Gasteiger partial charge in [0.1, 0.15) is 0 Å². The maximum Gasteiger partial charge on any atom is 0.0998 e. The smallest absolute Gasteiger partial charge is 0.0998 e. The Morgan fingerprint density at radius 3 is 2.83 bits per heavy atom. The molecule has 4 aliphatic rings. The van der Waals surface area contributed by atoms with E-state index in [9.17, 15) is 5.11 Å². The highest BCUT2D eigenvalue weighted by molar-refractivity contribution is 5.26. The molecule has 7 atom stereocenters. The van der Waals surface area contributed by atoms with Crippen molar-refractivity contribution in [3.05, 3.63) is 42.0 Å². The van der Waals surface area contributed by atoms with E-state index >= 15 is 4.39 Å². The van der Waals surface area contributed by atoms with Gasteiger partial charge in [0.2, 0.25) is 0 Å². The van der Waals surface area contributed by atoms with Crippen LogP contribution in [0.25, 0.3) is 0 Å². The molecule has 4 aliphatic carbocycles. The van der Waals surface area contributed by atoms with Crippen LogP contribution in [0, 0.1) is 35.0 Å². The van der Waals surface area contributed by atoms with Gasteiger partial charge in [0.05, 0.1) is 18.0 Å². The molecule has 0 unspecified atom stereocenters. The first-order chi connectivity index (χ1) is 13.8. The Labute approximate surface area is 174 Å². The number of aromatic nitrogens is 2. The van der Waals surface area contributed by atoms with Crippen molar-refractivity contribution in [3.8, 4) is 0 Å². The van der Waals surface area contributed by atoms with Crippen LogP contribution in [-0.2, 0) is 6.54 Å². The summed E-state index contributed by atoms with van der Waals surface area (Å²) in [5.74, 6) is 2.66. The van der Waals surface area contributed by atoms with Crippen LogP contribution in [-0.4, -0.2) is 20.5 Å². The molecule has 3 nitrogen and oxygen atoms in total. The number of nitrogens with zero attached hydrogens (tertiary/aromatic N) is 2. The monoisotopic (exact) mass is 398 g/mol. The third kappa shape index (κ3) is 3.13. The van der Waals surface area contributed by atoms with Crippen LogP contribution in [0.2, 0.25) is 0 Å². The average molecular weight is 399 g/mol. The van der Waals surface area contributed by atoms with E-state index in [4.69, 9.17) is 0 Å². The van der Waals surface area contributed by atoms with E-state index in [2.05, 4.69) is 18.6 Å². The Hall–Kier alpha value is -1.42. The van der Waals surface area contributed by atoms with E-state index in [-0.39, 0.29) is 11.2 Å². The molecule has 0 radical (unpaired) electrons. The lowest BCUT2D eigenvalue weighted by Gasteiger charge is -2.54. The molecule has 0 aromatic carbocycles. The molecule has 0 bridgehead atoms. The van der Waals surface area contributed by atoms with Crippen molar-refractivity contribution in [2.24, 2.45) is 35.0 Å². The molecule has 3 saturated carbocycles. The molecule has 1 aromatic rings. The van der Waals surface area contributed by atoms with Gasteiger partial charge < -0.3 is 5.11 Å². The Morgan fingerprint density at radius 1 is 1.24 bits per heavy atom. The molecule has 4 heteroatoms. The summed E-state index contributed by atoms with van der Waals surface area (Å²) in [6.07, 6.45) is 11.6. The summed E-state index contributed by atoms with van der Waals surface area (Å²) in [4.78, 5) is 0. The van der Waals surface area contributed by atoms with Gasteiger partial charge in [-0.25, -0.2) is 4.39 Å². The van der Waals surface area contributed by atoms with E-state index < -0.39 is 5.60 Å². The third-order valence-corrected chi connectivity index (χ3v) is 9.20. The fraction of sp³-hybridized carbons (Fsp3) is 0.720. The van der Waals surface area contributed by atoms with Gasteiger partial charge in [0.25, 0.3) is 0 Å². The zero-order chi connectivity index (χ0) is 20.4. The number of rotatable bonds is 3. The van der Waals surface area contributed by atoms with Crippen molar-refractivity contribution in [1.82, 2.24) is 9.78 Å². The Kier molecular flexibility index (Phi) is 4.58. The van der Waals surface area contributed by atoms with Gasteiger partial charge in [-0.05, 0) is 98.5 Å². The lowest BCUT2D eigenvalue weighted by atomic mass is 9.51. The largest absolute Gasteiger partial charge is 0.390 e. The van der Waals surface area contributed by atoms with Crippen molar-refractivity contribution >= 4 is 0 Å². The molecule has 5 rings (SSSR count). The number of hydrogen-bond acceptors (Lipinski definition) is 2.